The van der Waals surface area contributed by atoms with Crippen molar-refractivity contribution in [1.82, 2.24) is 9.97 Å². The minimum absolute atomic E-state index is 0.0276. The number of carbonyl (C=O) groups is 1. The molecule has 4 heterocycles. The van der Waals surface area contributed by atoms with Crippen LogP contribution < -0.4 is 4.90 Å². The zero-order valence-corrected chi connectivity index (χ0v) is 21.1. The second-order valence-electron chi connectivity index (χ2n) is 10.8. The van der Waals surface area contributed by atoms with Crippen molar-refractivity contribution < 1.29 is 27.8 Å². The average molecular weight is 526 g/mol. The van der Waals surface area contributed by atoms with Crippen molar-refractivity contribution in [3.63, 3.8) is 0 Å². The number of aromatic amines is 1. The number of fused-ring (bicyclic) bond motifs is 2. The molecular formula is C29H30F3N3O3. The molecule has 2 aliphatic heterocycles. The van der Waals surface area contributed by atoms with E-state index in [-0.39, 0.29) is 36.1 Å². The molecule has 1 saturated carbocycles. The van der Waals surface area contributed by atoms with E-state index >= 15 is 0 Å². The predicted molar refractivity (Wildman–Crippen MR) is 136 cm³/mol. The lowest BCUT2D eigenvalue weighted by Gasteiger charge is -2.40. The second kappa shape index (κ2) is 9.45. The minimum atomic E-state index is -4.44. The van der Waals surface area contributed by atoms with E-state index in [0.29, 0.717) is 17.3 Å². The van der Waals surface area contributed by atoms with Crippen LogP contribution in [0.1, 0.15) is 77.3 Å². The maximum atomic E-state index is 13.8. The fourth-order valence-corrected chi connectivity index (χ4v) is 6.30. The number of carboxylic acids is 1. The van der Waals surface area contributed by atoms with E-state index in [1.165, 1.54) is 12.1 Å². The fraction of sp³-hybridized carbons (Fsp3) is 0.448. The van der Waals surface area contributed by atoms with E-state index in [1.807, 2.05) is 13.0 Å². The molecule has 200 valence electrons. The van der Waals surface area contributed by atoms with Gasteiger partial charge in [0, 0.05) is 35.1 Å². The molecule has 1 aliphatic carbocycles. The summed E-state index contributed by atoms with van der Waals surface area (Å²) in [7, 11) is 0. The summed E-state index contributed by atoms with van der Waals surface area (Å²) in [6.07, 6.45) is 2.78. The predicted octanol–water partition coefficient (Wildman–Crippen LogP) is 6.70. The van der Waals surface area contributed by atoms with Gasteiger partial charge in [0.2, 0.25) is 0 Å². The van der Waals surface area contributed by atoms with Gasteiger partial charge in [-0.2, -0.15) is 13.2 Å². The second-order valence-corrected chi connectivity index (χ2v) is 10.8. The number of alkyl halides is 3. The number of ether oxygens (including phenoxy) is 1. The third-order valence-corrected chi connectivity index (χ3v) is 8.12. The topological polar surface area (TPSA) is 78.4 Å². The standard InChI is InChI=1S/C29H30F3N3O3/c1-16-10-25(28(36)37)34-26(11-16)35-18-8-9-19(35)13-20(12-18)38-15-23-22(14-33-27(23)17-6-7-17)21-4-2-3-5-24(21)29(30,31)32/h2-5,10-11,14,17-20,33H,6-9,12-13,15H2,1H3,(H,36,37). The summed E-state index contributed by atoms with van der Waals surface area (Å²) in [4.78, 5) is 21.5. The van der Waals surface area contributed by atoms with Crippen molar-refractivity contribution >= 4 is 11.8 Å². The Morgan fingerprint density at radius 3 is 2.47 bits per heavy atom. The zero-order valence-electron chi connectivity index (χ0n) is 21.1. The van der Waals surface area contributed by atoms with Crippen LogP contribution in [0.2, 0.25) is 0 Å². The van der Waals surface area contributed by atoms with Crippen LogP contribution in [-0.2, 0) is 17.5 Å². The maximum Gasteiger partial charge on any atom is 0.417 e. The third kappa shape index (κ3) is 4.68. The van der Waals surface area contributed by atoms with Gasteiger partial charge in [0.25, 0.3) is 0 Å². The Balaban J connectivity index is 1.22. The number of carboxylic acid groups (broad SMARTS) is 1. The largest absolute Gasteiger partial charge is 0.477 e. The molecule has 3 fully saturated rings. The quantitative estimate of drug-likeness (QED) is 0.359. The number of aromatic carboxylic acids is 1. The van der Waals surface area contributed by atoms with Gasteiger partial charge in [-0.25, -0.2) is 9.78 Å². The number of nitrogens with one attached hydrogen (secondary N) is 1. The molecule has 2 unspecified atom stereocenters. The van der Waals surface area contributed by atoms with Crippen LogP contribution in [0.3, 0.4) is 0 Å². The molecule has 2 N–H and O–H groups in total. The Morgan fingerprint density at radius 2 is 1.82 bits per heavy atom. The number of rotatable bonds is 7. The van der Waals surface area contributed by atoms with E-state index in [4.69, 9.17) is 4.74 Å². The monoisotopic (exact) mass is 525 g/mol. The molecule has 2 atom stereocenters. The van der Waals surface area contributed by atoms with E-state index in [2.05, 4.69) is 14.9 Å². The van der Waals surface area contributed by atoms with Crippen LogP contribution in [0.5, 0.6) is 0 Å². The van der Waals surface area contributed by atoms with Gasteiger partial charge < -0.3 is 19.7 Å². The molecular weight excluding hydrogens is 495 g/mol. The van der Waals surface area contributed by atoms with Crippen molar-refractivity contribution in [2.24, 2.45) is 0 Å². The summed E-state index contributed by atoms with van der Waals surface area (Å²) in [5.41, 5.74) is 2.82. The van der Waals surface area contributed by atoms with Crippen LogP contribution in [-0.4, -0.2) is 39.2 Å². The molecule has 2 bridgehead atoms. The summed E-state index contributed by atoms with van der Waals surface area (Å²) in [6.45, 7) is 2.13. The normalized spacial score (nSPS) is 23.2. The summed E-state index contributed by atoms with van der Waals surface area (Å²) < 4.78 is 47.8. The minimum Gasteiger partial charge on any atom is -0.477 e. The number of nitrogens with zero attached hydrogens (tertiary/aromatic N) is 2. The molecule has 3 aromatic rings. The van der Waals surface area contributed by atoms with Crippen molar-refractivity contribution in [3.8, 4) is 11.1 Å². The Morgan fingerprint density at radius 1 is 1.11 bits per heavy atom. The first-order chi connectivity index (χ1) is 18.2. The van der Waals surface area contributed by atoms with Crippen molar-refractivity contribution in [2.45, 2.75) is 82.3 Å². The molecule has 6 rings (SSSR count). The van der Waals surface area contributed by atoms with E-state index in [1.54, 1.807) is 18.3 Å². The summed E-state index contributed by atoms with van der Waals surface area (Å²) >= 11 is 0. The number of halogens is 3. The molecule has 9 heteroatoms. The molecule has 2 aromatic heterocycles. The molecule has 2 saturated heterocycles. The van der Waals surface area contributed by atoms with Gasteiger partial charge in [-0.3, -0.25) is 0 Å². The Bertz CT molecular complexity index is 1350. The summed E-state index contributed by atoms with van der Waals surface area (Å²) in [5.74, 6) is -0.00307. The lowest BCUT2D eigenvalue weighted by atomic mass is 9.96. The number of piperidine rings is 1. The van der Waals surface area contributed by atoms with E-state index in [9.17, 15) is 23.1 Å². The molecule has 0 spiro atoms. The molecule has 0 radical (unpaired) electrons. The number of aryl methyl sites for hydroxylation is 1. The number of anilines is 1. The highest BCUT2D eigenvalue weighted by atomic mass is 19.4. The Labute approximate surface area is 218 Å². The van der Waals surface area contributed by atoms with Crippen LogP contribution >= 0.6 is 0 Å². The number of benzene rings is 1. The highest BCUT2D eigenvalue weighted by molar-refractivity contribution is 5.86. The van der Waals surface area contributed by atoms with Crippen LogP contribution in [0.15, 0.2) is 42.6 Å². The smallest absolute Gasteiger partial charge is 0.417 e. The first kappa shape index (κ1) is 25.0. The van der Waals surface area contributed by atoms with E-state index < -0.39 is 17.7 Å². The SMILES string of the molecule is Cc1cc(C(=O)O)nc(N2C3CCC2CC(OCc2c(-c4ccccc4C(F)(F)F)c[nH]c2C2CC2)C3)c1. The van der Waals surface area contributed by atoms with Crippen molar-refractivity contribution in [2.75, 3.05) is 4.90 Å². The van der Waals surface area contributed by atoms with Gasteiger partial charge in [-0.05, 0) is 80.7 Å². The number of aromatic nitrogens is 2. The average Bonchev–Trinajstić information content (AvgIpc) is 3.57. The van der Waals surface area contributed by atoms with Gasteiger partial charge in [0.1, 0.15) is 5.82 Å². The summed E-state index contributed by atoms with van der Waals surface area (Å²) in [5, 5.41) is 9.45. The van der Waals surface area contributed by atoms with Crippen LogP contribution in [0.25, 0.3) is 11.1 Å². The number of hydrogen-bond acceptors (Lipinski definition) is 4. The number of hydrogen-bond donors (Lipinski definition) is 2. The van der Waals surface area contributed by atoms with Gasteiger partial charge in [0.05, 0.1) is 18.3 Å². The van der Waals surface area contributed by atoms with Gasteiger partial charge in [0.15, 0.2) is 5.69 Å². The van der Waals surface area contributed by atoms with Gasteiger partial charge >= 0.3 is 12.1 Å². The lowest BCUT2D eigenvalue weighted by molar-refractivity contribution is -0.137. The Kier molecular flexibility index (Phi) is 6.21. The number of H-pyrrole nitrogens is 1. The van der Waals surface area contributed by atoms with Crippen molar-refractivity contribution in [1.29, 1.82) is 0 Å². The first-order valence-electron chi connectivity index (χ1n) is 13.2. The molecule has 6 nitrogen and oxygen atoms in total. The van der Waals surface area contributed by atoms with E-state index in [0.717, 1.165) is 61.4 Å². The highest BCUT2D eigenvalue weighted by Crippen LogP contribution is 2.46. The highest BCUT2D eigenvalue weighted by Gasteiger charge is 2.42. The maximum absolute atomic E-state index is 13.8. The molecule has 38 heavy (non-hydrogen) atoms. The molecule has 1 aromatic carbocycles. The first-order valence-corrected chi connectivity index (χ1v) is 13.2. The molecule has 0 amide bonds. The zero-order chi connectivity index (χ0) is 26.6. The van der Waals surface area contributed by atoms with Gasteiger partial charge in [-0.15, -0.1) is 0 Å². The van der Waals surface area contributed by atoms with Gasteiger partial charge in [-0.1, -0.05) is 18.2 Å². The summed E-state index contributed by atoms with van der Waals surface area (Å²) in [6, 6.07) is 9.61. The lowest BCUT2D eigenvalue weighted by Crippen LogP contribution is -2.46. The number of pyridine rings is 1. The molecule has 3 aliphatic rings. The fourth-order valence-electron chi connectivity index (χ4n) is 6.30. The Hall–Kier alpha value is -3.33. The van der Waals surface area contributed by atoms with Crippen LogP contribution in [0.4, 0.5) is 19.0 Å². The van der Waals surface area contributed by atoms with Crippen LogP contribution in [0, 0.1) is 6.92 Å². The third-order valence-electron chi connectivity index (χ3n) is 8.12. The van der Waals surface area contributed by atoms with Crippen molar-refractivity contribution in [3.05, 3.63) is 70.7 Å².